The van der Waals surface area contributed by atoms with Crippen molar-refractivity contribution in [3.63, 3.8) is 0 Å². The summed E-state index contributed by atoms with van der Waals surface area (Å²) in [5, 5.41) is 2.70. The van der Waals surface area contributed by atoms with E-state index in [2.05, 4.69) is 22.2 Å². The second-order valence-electron chi connectivity index (χ2n) is 4.92. The molecule has 0 unspecified atom stereocenters. The molecule has 0 aliphatic heterocycles. The first-order chi connectivity index (χ1) is 10.7. The molecule has 0 aliphatic rings. The molecule has 4 heteroatoms. The summed E-state index contributed by atoms with van der Waals surface area (Å²) in [6.45, 7) is 0.299. The molecule has 0 saturated carbocycles. The molecule has 2 aromatic carbocycles. The molecule has 2 rings (SSSR count). The molecule has 114 valence electrons. The Morgan fingerprint density at radius 1 is 0.955 bits per heavy atom. The molecule has 0 spiro atoms. The van der Waals surface area contributed by atoms with E-state index in [1.165, 1.54) is 7.11 Å². The average molecular weight is 297 g/mol. The molecule has 1 amide bonds. The van der Waals surface area contributed by atoms with Gasteiger partial charge in [0.2, 0.25) is 5.91 Å². The molecule has 0 heterocycles. The number of carbonyl (C=O) groups excluding carboxylic acids is 2. The van der Waals surface area contributed by atoms with Crippen LogP contribution in [0.2, 0.25) is 0 Å². The maximum absolute atomic E-state index is 11.8. The van der Waals surface area contributed by atoms with Crippen molar-refractivity contribution < 1.29 is 14.3 Å². The van der Waals surface area contributed by atoms with Gasteiger partial charge in [-0.25, -0.2) is 0 Å². The van der Waals surface area contributed by atoms with Gasteiger partial charge in [-0.2, -0.15) is 0 Å². The van der Waals surface area contributed by atoms with Crippen LogP contribution in [0.25, 0.3) is 11.1 Å². The first-order valence-electron chi connectivity index (χ1n) is 7.17. The van der Waals surface area contributed by atoms with E-state index in [0.29, 0.717) is 13.0 Å². The van der Waals surface area contributed by atoms with Crippen molar-refractivity contribution in [3.8, 4) is 11.1 Å². The van der Waals surface area contributed by atoms with E-state index in [-0.39, 0.29) is 18.3 Å². The van der Waals surface area contributed by atoms with Crippen LogP contribution in [0.15, 0.2) is 54.6 Å². The summed E-state index contributed by atoms with van der Waals surface area (Å²) in [5.74, 6) is -0.427. The number of amides is 1. The van der Waals surface area contributed by atoms with Crippen LogP contribution in [0.1, 0.15) is 12.0 Å². The quantitative estimate of drug-likeness (QED) is 0.834. The molecule has 2 aromatic rings. The van der Waals surface area contributed by atoms with Gasteiger partial charge in [-0.1, -0.05) is 54.6 Å². The van der Waals surface area contributed by atoms with E-state index >= 15 is 0 Å². The Labute approximate surface area is 130 Å². The highest BCUT2D eigenvalue weighted by Crippen LogP contribution is 2.19. The first-order valence-corrected chi connectivity index (χ1v) is 7.17. The maximum atomic E-state index is 11.8. The van der Waals surface area contributed by atoms with E-state index in [1.54, 1.807) is 0 Å². The summed E-state index contributed by atoms with van der Waals surface area (Å²) >= 11 is 0. The number of rotatable bonds is 6. The minimum absolute atomic E-state index is 0.101. The molecule has 0 aromatic heterocycles. The fourth-order valence-corrected chi connectivity index (χ4v) is 2.10. The highest BCUT2D eigenvalue weighted by Gasteiger charge is 2.05. The zero-order chi connectivity index (χ0) is 15.8. The zero-order valence-electron chi connectivity index (χ0n) is 12.5. The third kappa shape index (κ3) is 4.74. The fourth-order valence-electron chi connectivity index (χ4n) is 2.10. The highest BCUT2D eigenvalue weighted by atomic mass is 16.5. The van der Waals surface area contributed by atoms with Gasteiger partial charge < -0.3 is 10.1 Å². The Morgan fingerprint density at radius 3 is 2.23 bits per heavy atom. The summed E-state index contributed by atoms with van der Waals surface area (Å²) in [6.07, 6.45) is 0.491. The molecule has 22 heavy (non-hydrogen) atoms. The van der Waals surface area contributed by atoms with Crippen molar-refractivity contribution in [1.82, 2.24) is 5.32 Å². The van der Waals surface area contributed by atoms with E-state index in [4.69, 9.17) is 0 Å². The summed E-state index contributed by atoms with van der Waals surface area (Å²) in [5.41, 5.74) is 3.21. The van der Waals surface area contributed by atoms with E-state index < -0.39 is 0 Å². The van der Waals surface area contributed by atoms with Crippen LogP contribution in [0.5, 0.6) is 0 Å². The van der Waals surface area contributed by atoms with E-state index in [9.17, 15) is 9.59 Å². The van der Waals surface area contributed by atoms with Crippen LogP contribution in [0.3, 0.4) is 0 Å². The van der Waals surface area contributed by atoms with Crippen LogP contribution in [0, 0.1) is 0 Å². The van der Waals surface area contributed by atoms with Crippen LogP contribution in [0.4, 0.5) is 0 Å². The third-order valence-corrected chi connectivity index (χ3v) is 3.30. The van der Waals surface area contributed by atoms with Crippen molar-refractivity contribution in [2.75, 3.05) is 13.7 Å². The van der Waals surface area contributed by atoms with Gasteiger partial charge in [0.1, 0.15) is 0 Å². The number of nitrogens with one attached hydrogen (secondary N) is 1. The van der Waals surface area contributed by atoms with Crippen LogP contribution in [-0.2, 0) is 20.7 Å². The lowest BCUT2D eigenvalue weighted by Gasteiger charge is -2.06. The van der Waals surface area contributed by atoms with Gasteiger partial charge in [0.15, 0.2) is 0 Å². The number of hydrogen-bond acceptors (Lipinski definition) is 3. The van der Waals surface area contributed by atoms with Gasteiger partial charge in [-0.05, 0) is 16.7 Å². The number of esters is 1. The standard InChI is InChI=1S/C18H19NO3/c1-22-18(21)11-12-19-17(20)13-14-7-9-16(10-8-14)15-5-3-2-4-6-15/h2-10H,11-13H2,1H3,(H,19,20). The minimum Gasteiger partial charge on any atom is -0.469 e. The first kappa shape index (κ1) is 15.8. The van der Waals surface area contributed by atoms with E-state index in [1.807, 2.05) is 42.5 Å². The van der Waals surface area contributed by atoms with Gasteiger partial charge in [0, 0.05) is 6.54 Å². The minimum atomic E-state index is -0.326. The predicted octanol–water partition coefficient (Wildman–Crippen LogP) is 2.58. The molecular formula is C18H19NO3. The number of methoxy groups -OCH3 is 1. The van der Waals surface area contributed by atoms with Crippen LogP contribution >= 0.6 is 0 Å². The van der Waals surface area contributed by atoms with Gasteiger partial charge >= 0.3 is 5.97 Å². The normalized spacial score (nSPS) is 10.0. The second kappa shape index (κ2) is 7.98. The molecule has 0 saturated heterocycles. The number of ether oxygens (including phenoxy) is 1. The van der Waals surface area contributed by atoms with Crippen molar-refractivity contribution in [3.05, 3.63) is 60.2 Å². The lowest BCUT2D eigenvalue weighted by molar-refractivity contribution is -0.140. The third-order valence-electron chi connectivity index (χ3n) is 3.30. The Morgan fingerprint density at radius 2 is 1.59 bits per heavy atom. The fraction of sp³-hybridized carbons (Fsp3) is 0.222. The number of benzene rings is 2. The maximum Gasteiger partial charge on any atom is 0.307 e. The van der Waals surface area contributed by atoms with Crippen LogP contribution < -0.4 is 5.32 Å². The molecule has 0 fully saturated rings. The Kier molecular flexibility index (Phi) is 5.72. The average Bonchev–Trinajstić information content (AvgIpc) is 2.56. The predicted molar refractivity (Wildman–Crippen MR) is 85.2 cm³/mol. The summed E-state index contributed by atoms with van der Waals surface area (Å²) < 4.78 is 4.52. The van der Waals surface area contributed by atoms with Gasteiger partial charge in [-0.15, -0.1) is 0 Å². The molecule has 4 nitrogen and oxygen atoms in total. The lowest BCUT2D eigenvalue weighted by atomic mass is 10.0. The Hall–Kier alpha value is -2.62. The SMILES string of the molecule is COC(=O)CCNC(=O)Cc1ccc(-c2ccccc2)cc1. The number of hydrogen-bond donors (Lipinski definition) is 1. The number of carbonyl (C=O) groups is 2. The molecule has 1 N–H and O–H groups in total. The second-order valence-corrected chi connectivity index (χ2v) is 4.92. The molecule has 0 radical (unpaired) electrons. The smallest absolute Gasteiger partial charge is 0.307 e. The molecule has 0 aliphatic carbocycles. The summed E-state index contributed by atoms with van der Waals surface area (Å²) in [4.78, 5) is 22.7. The van der Waals surface area contributed by atoms with Gasteiger partial charge in [-0.3, -0.25) is 9.59 Å². The zero-order valence-corrected chi connectivity index (χ0v) is 12.5. The lowest BCUT2D eigenvalue weighted by Crippen LogP contribution is -2.27. The highest BCUT2D eigenvalue weighted by molar-refractivity contribution is 5.79. The van der Waals surface area contributed by atoms with E-state index in [0.717, 1.165) is 16.7 Å². The molecule has 0 bridgehead atoms. The van der Waals surface area contributed by atoms with Gasteiger partial charge in [0.05, 0.1) is 20.0 Å². The largest absolute Gasteiger partial charge is 0.469 e. The van der Waals surface area contributed by atoms with Gasteiger partial charge in [0.25, 0.3) is 0 Å². The van der Waals surface area contributed by atoms with Crippen molar-refractivity contribution in [1.29, 1.82) is 0 Å². The van der Waals surface area contributed by atoms with Crippen molar-refractivity contribution in [2.24, 2.45) is 0 Å². The van der Waals surface area contributed by atoms with Crippen LogP contribution in [-0.4, -0.2) is 25.5 Å². The van der Waals surface area contributed by atoms with Crippen molar-refractivity contribution >= 4 is 11.9 Å². The molecular weight excluding hydrogens is 278 g/mol. The Bertz CT molecular complexity index is 621. The topological polar surface area (TPSA) is 55.4 Å². The Balaban J connectivity index is 1.86. The monoisotopic (exact) mass is 297 g/mol. The summed E-state index contributed by atoms with van der Waals surface area (Å²) in [6, 6.07) is 18.0. The summed E-state index contributed by atoms with van der Waals surface area (Å²) in [7, 11) is 1.33. The van der Waals surface area contributed by atoms with Crippen molar-refractivity contribution in [2.45, 2.75) is 12.8 Å². The molecule has 0 atom stereocenters.